The molecule has 4 heteroatoms. The molecule has 0 aromatic heterocycles. The van der Waals surface area contributed by atoms with Crippen molar-refractivity contribution in [2.24, 2.45) is 0 Å². The van der Waals surface area contributed by atoms with Crippen LogP contribution in [0.5, 0.6) is 0 Å². The van der Waals surface area contributed by atoms with E-state index in [1.165, 1.54) is 6.04 Å². The van der Waals surface area contributed by atoms with Crippen molar-refractivity contribution in [3.05, 3.63) is 0 Å². The average Bonchev–Trinajstić information content (AvgIpc) is 2.71. The van der Waals surface area contributed by atoms with Crippen LogP contribution >= 0.6 is 11.1 Å². The van der Waals surface area contributed by atoms with Crippen molar-refractivity contribution in [1.82, 2.24) is 0 Å². The van der Waals surface area contributed by atoms with Crippen molar-refractivity contribution >= 4 is 19.9 Å². The summed E-state index contributed by atoms with van der Waals surface area (Å²) in [6, 6.07) is 1.19. The fraction of sp³-hybridized carbons (Fsp3) is 1.00. The van der Waals surface area contributed by atoms with E-state index in [2.05, 4.69) is 0 Å². The fourth-order valence-electron chi connectivity index (χ4n) is 0.678. The molecule has 1 saturated heterocycles. The molecule has 0 spiro atoms. The molecule has 0 aromatic rings. The quantitative estimate of drug-likeness (QED) is 0.258. The molecule has 1 rings (SSSR count). The summed E-state index contributed by atoms with van der Waals surface area (Å²) < 4.78 is 10.3. The van der Waals surface area contributed by atoms with Crippen molar-refractivity contribution in [1.29, 1.82) is 0 Å². The topological polar surface area (TPSA) is 21.8 Å². The first-order chi connectivity index (χ1) is 4.93. The monoisotopic (exact) mass is 180 g/mol. The molecule has 0 saturated carbocycles. The molecule has 0 N–H and O–H groups in total. The zero-order valence-corrected chi connectivity index (χ0v) is 8.18. The Kier molecular flexibility index (Phi) is 4.37. The van der Waals surface area contributed by atoms with Gasteiger partial charge in [0.15, 0.2) is 0 Å². The maximum Gasteiger partial charge on any atom is 0.125 e. The smallest absolute Gasteiger partial charge is 0.125 e. The van der Waals surface area contributed by atoms with E-state index in [-0.39, 0.29) is 8.83 Å². The molecule has 0 bridgehead atoms. The van der Waals surface area contributed by atoms with Crippen LogP contribution in [0.3, 0.4) is 0 Å². The van der Waals surface area contributed by atoms with Crippen LogP contribution in [0.2, 0.25) is 6.04 Å². The Bertz CT molecular complexity index is 87.8. The van der Waals surface area contributed by atoms with Crippen molar-refractivity contribution in [3.63, 3.8) is 0 Å². The highest BCUT2D eigenvalue weighted by molar-refractivity contribution is 6.93. The maximum atomic E-state index is 5.61. The van der Waals surface area contributed by atoms with Gasteiger partial charge in [-0.3, -0.25) is 0 Å². The first kappa shape index (κ1) is 8.52. The van der Waals surface area contributed by atoms with Gasteiger partial charge in [-0.15, -0.1) is 0 Å². The molecule has 1 unspecified atom stereocenters. The summed E-state index contributed by atoms with van der Waals surface area (Å²) in [6.07, 6.45) is 1.54. The summed E-state index contributed by atoms with van der Waals surface area (Å²) in [5.74, 6) is 0. The summed E-state index contributed by atoms with van der Waals surface area (Å²) in [7, 11) is -0.257. The number of hydrogen-bond donors (Lipinski definition) is 0. The van der Waals surface area contributed by atoms with Crippen LogP contribution in [0.1, 0.15) is 6.42 Å². The van der Waals surface area contributed by atoms with Gasteiger partial charge in [-0.2, -0.15) is 11.1 Å². The van der Waals surface area contributed by atoms with Gasteiger partial charge in [0.1, 0.15) is 14.9 Å². The minimum absolute atomic E-state index is 0.257. The van der Waals surface area contributed by atoms with Gasteiger partial charge in [-0.05, 0) is 12.5 Å². The number of hydrogen-bond acceptors (Lipinski definition) is 2. The lowest BCUT2D eigenvalue weighted by Gasteiger charge is -1.98. The molecule has 1 aliphatic heterocycles. The highest BCUT2D eigenvalue weighted by atomic mass is 35.6. The van der Waals surface area contributed by atoms with E-state index in [4.69, 9.17) is 20.6 Å². The summed E-state index contributed by atoms with van der Waals surface area (Å²) in [4.78, 5) is 0. The van der Waals surface area contributed by atoms with Gasteiger partial charge in [0, 0.05) is 6.61 Å². The SMILES string of the molecule is Cl[SiH2]CCCOCC1CO1. The Balaban J connectivity index is 1.68. The van der Waals surface area contributed by atoms with Crippen LogP contribution in [-0.4, -0.2) is 34.8 Å². The number of rotatable bonds is 6. The number of ether oxygens (including phenoxy) is 2. The lowest BCUT2D eigenvalue weighted by atomic mass is 10.5. The third-order valence-corrected chi connectivity index (χ3v) is 2.95. The molecular weight excluding hydrogens is 168 g/mol. The molecule has 60 valence electrons. The van der Waals surface area contributed by atoms with E-state index in [0.29, 0.717) is 6.10 Å². The molecule has 2 nitrogen and oxygen atoms in total. The van der Waals surface area contributed by atoms with Crippen molar-refractivity contribution < 1.29 is 9.47 Å². The molecule has 1 atom stereocenters. The van der Waals surface area contributed by atoms with E-state index < -0.39 is 0 Å². The summed E-state index contributed by atoms with van der Waals surface area (Å²) in [5, 5.41) is 0. The van der Waals surface area contributed by atoms with Crippen LogP contribution in [0.4, 0.5) is 0 Å². The van der Waals surface area contributed by atoms with Crippen molar-refractivity contribution in [2.75, 3.05) is 19.8 Å². The van der Waals surface area contributed by atoms with Crippen LogP contribution in [0, 0.1) is 0 Å². The molecule has 0 aliphatic carbocycles. The van der Waals surface area contributed by atoms with E-state index >= 15 is 0 Å². The first-order valence-corrected chi connectivity index (χ1v) is 6.82. The van der Waals surface area contributed by atoms with Crippen molar-refractivity contribution in [2.45, 2.75) is 18.6 Å². The predicted octanol–water partition coefficient (Wildman–Crippen LogP) is 0.533. The molecule has 0 amide bonds. The normalized spacial score (nSPS) is 24.3. The Hall–Kier alpha value is 0.427. The van der Waals surface area contributed by atoms with E-state index in [0.717, 1.165) is 26.2 Å². The van der Waals surface area contributed by atoms with Crippen LogP contribution in [0.25, 0.3) is 0 Å². The summed E-state index contributed by atoms with van der Waals surface area (Å²) in [5.41, 5.74) is 0. The molecule has 1 aliphatic rings. The molecule has 10 heavy (non-hydrogen) atoms. The highest BCUT2D eigenvalue weighted by Crippen LogP contribution is 2.08. The van der Waals surface area contributed by atoms with Gasteiger partial charge in [0.25, 0.3) is 0 Å². The third-order valence-electron chi connectivity index (χ3n) is 1.38. The van der Waals surface area contributed by atoms with E-state index in [1.807, 2.05) is 0 Å². The van der Waals surface area contributed by atoms with Gasteiger partial charge in [-0.1, -0.05) is 0 Å². The lowest BCUT2D eigenvalue weighted by molar-refractivity contribution is 0.117. The first-order valence-electron chi connectivity index (χ1n) is 3.69. The molecule has 0 radical (unpaired) electrons. The van der Waals surface area contributed by atoms with Crippen LogP contribution in [-0.2, 0) is 9.47 Å². The summed E-state index contributed by atoms with van der Waals surface area (Å²) in [6.45, 7) is 2.54. The number of halogens is 1. The largest absolute Gasteiger partial charge is 0.379 e. The van der Waals surface area contributed by atoms with Gasteiger partial charge >= 0.3 is 0 Å². The third kappa shape index (κ3) is 4.28. The van der Waals surface area contributed by atoms with E-state index in [9.17, 15) is 0 Å². The zero-order chi connectivity index (χ0) is 7.23. The van der Waals surface area contributed by atoms with Crippen LogP contribution < -0.4 is 0 Å². The second kappa shape index (κ2) is 5.13. The second-order valence-corrected chi connectivity index (χ2v) is 4.65. The minimum atomic E-state index is -0.257. The lowest BCUT2D eigenvalue weighted by Crippen LogP contribution is -2.02. The molecule has 1 fully saturated rings. The summed E-state index contributed by atoms with van der Waals surface area (Å²) >= 11 is 5.61. The standard InChI is InChI=1S/C6H13ClO2Si/c7-10-3-1-2-8-4-6-5-9-6/h6H,1-5,10H2. The van der Waals surface area contributed by atoms with Gasteiger partial charge in [0.2, 0.25) is 0 Å². The molecule has 0 aromatic carbocycles. The van der Waals surface area contributed by atoms with Gasteiger partial charge < -0.3 is 9.47 Å². The minimum Gasteiger partial charge on any atom is -0.379 e. The Labute approximate surface area is 68.4 Å². The Morgan fingerprint density at radius 1 is 1.70 bits per heavy atom. The predicted molar refractivity (Wildman–Crippen MR) is 44.4 cm³/mol. The van der Waals surface area contributed by atoms with Crippen molar-refractivity contribution in [3.8, 4) is 0 Å². The average molecular weight is 181 g/mol. The zero-order valence-electron chi connectivity index (χ0n) is 6.01. The highest BCUT2D eigenvalue weighted by Gasteiger charge is 2.21. The number of epoxide rings is 1. The Morgan fingerprint density at radius 3 is 3.10 bits per heavy atom. The fourth-order valence-corrected chi connectivity index (χ4v) is 1.64. The van der Waals surface area contributed by atoms with Gasteiger partial charge in [-0.25, -0.2) is 0 Å². The second-order valence-electron chi connectivity index (χ2n) is 2.43. The molecular formula is C6H13ClO2Si. The Morgan fingerprint density at radius 2 is 2.50 bits per heavy atom. The maximum absolute atomic E-state index is 5.61. The van der Waals surface area contributed by atoms with Gasteiger partial charge in [0.05, 0.1) is 13.2 Å². The molecule has 1 heterocycles. The van der Waals surface area contributed by atoms with E-state index in [1.54, 1.807) is 0 Å². The van der Waals surface area contributed by atoms with Crippen LogP contribution in [0.15, 0.2) is 0 Å².